The summed E-state index contributed by atoms with van der Waals surface area (Å²) in [5.41, 5.74) is 6.13. The molecule has 0 atom stereocenters. The van der Waals surface area contributed by atoms with Crippen molar-refractivity contribution in [3.05, 3.63) is 29.8 Å². The number of anilines is 1. The largest absolute Gasteiger partial charge is 0.351 e. The second-order valence-corrected chi connectivity index (χ2v) is 4.11. The fourth-order valence-corrected chi connectivity index (χ4v) is 1.92. The molecule has 1 saturated heterocycles. The van der Waals surface area contributed by atoms with Gasteiger partial charge in [-0.05, 0) is 18.2 Å². The van der Waals surface area contributed by atoms with Crippen molar-refractivity contribution >= 4 is 30.0 Å². The molecule has 0 saturated carbocycles. The van der Waals surface area contributed by atoms with Crippen LogP contribution in [0.3, 0.4) is 0 Å². The van der Waals surface area contributed by atoms with E-state index in [4.69, 9.17) is 5.73 Å². The van der Waals surface area contributed by atoms with Crippen molar-refractivity contribution in [2.24, 2.45) is 5.73 Å². The quantitative estimate of drug-likeness (QED) is 0.745. The molecule has 0 spiro atoms. The number of halogens is 1. The Bertz CT molecular complexity index is 461. The molecule has 104 valence electrons. The van der Waals surface area contributed by atoms with Gasteiger partial charge in [0.2, 0.25) is 0 Å². The Labute approximate surface area is 117 Å². The van der Waals surface area contributed by atoms with Gasteiger partial charge in [0.1, 0.15) is 0 Å². The highest BCUT2D eigenvalue weighted by Gasteiger charge is 2.17. The van der Waals surface area contributed by atoms with Gasteiger partial charge in [0.15, 0.2) is 0 Å². The molecule has 1 fully saturated rings. The van der Waals surface area contributed by atoms with Gasteiger partial charge in [-0.3, -0.25) is 4.79 Å². The number of carbonyl (C=O) groups excluding carboxylic acids is 2. The number of nitrogens with one attached hydrogen (secondary N) is 2. The van der Waals surface area contributed by atoms with E-state index >= 15 is 0 Å². The average Bonchev–Trinajstić information content (AvgIpc) is 2.38. The van der Waals surface area contributed by atoms with Crippen molar-refractivity contribution in [1.82, 2.24) is 10.2 Å². The standard InChI is InChI=1S/C12H16N4O2.ClH/c13-12(18)15-10-3-1-2-9(8-10)11(17)16-6-4-14-5-7-16;/h1-3,8,14H,4-7H2,(H3,13,15,18);1H. The van der Waals surface area contributed by atoms with Crippen LogP contribution in [0.1, 0.15) is 10.4 Å². The third-order valence-corrected chi connectivity index (χ3v) is 2.78. The number of piperazine rings is 1. The van der Waals surface area contributed by atoms with Crippen LogP contribution in [0.25, 0.3) is 0 Å². The predicted octanol–water partition coefficient (Wildman–Crippen LogP) is 0.644. The van der Waals surface area contributed by atoms with Crippen LogP contribution in [0.4, 0.5) is 10.5 Å². The Morgan fingerprint density at radius 3 is 2.58 bits per heavy atom. The number of benzene rings is 1. The molecule has 0 aromatic heterocycles. The highest BCUT2D eigenvalue weighted by atomic mass is 35.5. The fourth-order valence-electron chi connectivity index (χ4n) is 1.92. The normalized spacial score (nSPS) is 14.4. The van der Waals surface area contributed by atoms with Crippen LogP contribution >= 0.6 is 12.4 Å². The minimum absolute atomic E-state index is 0. The minimum Gasteiger partial charge on any atom is -0.351 e. The number of nitrogens with zero attached hydrogens (tertiary/aromatic N) is 1. The molecule has 3 amide bonds. The molecule has 1 aromatic rings. The second-order valence-electron chi connectivity index (χ2n) is 4.11. The highest BCUT2D eigenvalue weighted by molar-refractivity contribution is 5.96. The van der Waals surface area contributed by atoms with Crippen LogP contribution in [-0.2, 0) is 0 Å². The maximum Gasteiger partial charge on any atom is 0.316 e. The average molecular weight is 285 g/mol. The van der Waals surface area contributed by atoms with E-state index in [1.165, 1.54) is 0 Å². The maximum absolute atomic E-state index is 12.2. The predicted molar refractivity (Wildman–Crippen MR) is 75.7 cm³/mol. The number of primary amides is 1. The Morgan fingerprint density at radius 1 is 1.26 bits per heavy atom. The van der Waals surface area contributed by atoms with Gasteiger partial charge in [0, 0.05) is 37.4 Å². The number of rotatable bonds is 2. The molecule has 6 nitrogen and oxygen atoms in total. The molecule has 19 heavy (non-hydrogen) atoms. The Balaban J connectivity index is 0.00000180. The first-order chi connectivity index (χ1) is 8.66. The van der Waals surface area contributed by atoms with E-state index in [0.29, 0.717) is 24.3 Å². The Kier molecular flexibility index (Phi) is 5.59. The summed E-state index contributed by atoms with van der Waals surface area (Å²) in [7, 11) is 0. The number of carbonyl (C=O) groups is 2. The highest BCUT2D eigenvalue weighted by Crippen LogP contribution is 2.13. The molecule has 1 aliphatic rings. The molecule has 1 aliphatic heterocycles. The molecule has 0 bridgehead atoms. The monoisotopic (exact) mass is 284 g/mol. The Morgan fingerprint density at radius 2 is 1.95 bits per heavy atom. The van der Waals surface area contributed by atoms with Gasteiger partial charge in [-0.15, -0.1) is 12.4 Å². The van der Waals surface area contributed by atoms with Gasteiger partial charge in [0.25, 0.3) is 5.91 Å². The van der Waals surface area contributed by atoms with Gasteiger partial charge < -0.3 is 21.3 Å². The first-order valence-electron chi connectivity index (χ1n) is 5.83. The summed E-state index contributed by atoms with van der Waals surface area (Å²) in [6, 6.07) is 6.15. The first kappa shape index (κ1) is 15.3. The van der Waals surface area contributed by atoms with Crippen molar-refractivity contribution in [1.29, 1.82) is 0 Å². The lowest BCUT2D eigenvalue weighted by atomic mass is 10.1. The van der Waals surface area contributed by atoms with Gasteiger partial charge in [-0.1, -0.05) is 6.07 Å². The molecule has 0 unspecified atom stereocenters. The summed E-state index contributed by atoms with van der Waals surface area (Å²) in [6.07, 6.45) is 0. The van der Waals surface area contributed by atoms with Crippen molar-refractivity contribution in [2.45, 2.75) is 0 Å². The van der Waals surface area contributed by atoms with Gasteiger partial charge in [-0.25, -0.2) is 4.79 Å². The molecule has 2 rings (SSSR count). The summed E-state index contributed by atoms with van der Waals surface area (Å²) in [5.74, 6) is -0.0235. The SMILES string of the molecule is Cl.NC(=O)Nc1cccc(C(=O)N2CCNCC2)c1. The lowest BCUT2D eigenvalue weighted by Gasteiger charge is -2.27. The topological polar surface area (TPSA) is 87.5 Å². The first-order valence-corrected chi connectivity index (χ1v) is 5.83. The zero-order chi connectivity index (χ0) is 13.0. The van der Waals surface area contributed by atoms with Crippen LogP contribution in [0.5, 0.6) is 0 Å². The smallest absolute Gasteiger partial charge is 0.316 e. The van der Waals surface area contributed by atoms with E-state index < -0.39 is 6.03 Å². The van der Waals surface area contributed by atoms with Crippen molar-refractivity contribution < 1.29 is 9.59 Å². The fraction of sp³-hybridized carbons (Fsp3) is 0.333. The van der Waals surface area contributed by atoms with E-state index in [2.05, 4.69) is 10.6 Å². The second kappa shape index (κ2) is 6.96. The van der Waals surface area contributed by atoms with Crippen LogP contribution in [-0.4, -0.2) is 43.0 Å². The van der Waals surface area contributed by atoms with E-state index in [1.54, 1.807) is 29.2 Å². The van der Waals surface area contributed by atoms with Crippen LogP contribution < -0.4 is 16.4 Å². The minimum atomic E-state index is -0.637. The number of hydrogen-bond donors (Lipinski definition) is 3. The molecule has 0 radical (unpaired) electrons. The molecule has 1 heterocycles. The summed E-state index contributed by atoms with van der Waals surface area (Å²) < 4.78 is 0. The molecule has 4 N–H and O–H groups in total. The summed E-state index contributed by atoms with van der Waals surface area (Å²) >= 11 is 0. The maximum atomic E-state index is 12.2. The molecule has 7 heteroatoms. The molecule has 1 aromatic carbocycles. The summed E-state index contributed by atoms with van der Waals surface area (Å²) in [6.45, 7) is 3.02. The summed E-state index contributed by atoms with van der Waals surface area (Å²) in [4.78, 5) is 24.7. The van der Waals surface area contributed by atoms with Crippen LogP contribution in [0.2, 0.25) is 0 Å². The third-order valence-electron chi connectivity index (χ3n) is 2.78. The van der Waals surface area contributed by atoms with Crippen molar-refractivity contribution in [2.75, 3.05) is 31.5 Å². The molecular formula is C12H17ClN4O2. The van der Waals surface area contributed by atoms with Crippen LogP contribution in [0, 0.1) is 0 Å². The van der Waals surface area contributed by atoms with Crippen LogP contribution in [0.15, 0.2) is 24.3 Å². The number of nitrogens with two attached hydrogens (primary N) is 1. The number of hydrogen-bond acceptors (Lipinski definition) is 3. The van der Waals surface area contributed by atoms with Gasteiger partial charge in [0.05, 0.1) is 0 Å². The summed E-state index contributed by atoms with van der Waals surface area (Å²) in [5, 5.41) is 5.65. The lowest BCUT2D eigenvalue weighted by molar-refractivity contribution is 0.0736. The number of amides is 3. The van der Waals surface area contributed by atoms with E-state index in [9.17, 15) is 9.59 Å². The lowest BCUT2D eigenvalue weighted by Crippen LogP contribution is -2.46. The van der Waals surface area contributed by atoms with E-state index in [1.807, 2.05) is 0 Å². The van der Waals surface area contributed by atoms with E-state index in [0.717, 1.165) is 13.1 Å². The van der Waals surface area contributed by atoms with Crippen molar-refractivity contribution in [3.63, 3.8) is 0 Å². The number of urea groups is 1. The van der Waals surface area contributed by atoms with Crippen molar-refractivity contribution in [3.8, 4) is 0 Å². The van der Waals surface area contributed by atoms with Gasteiger partial charge in [-0.2, -0.15) is 0 Å². The van der Waals surface area contributed by atoms with Gasteiger partial charge >= 0.3 is 6.03 Å². The Hall–Kier alpha value is -1.79. The third kappa shape index (κ3) is 4.11. The zero-order valence-electron chi connectivity index (χ0n) is 10.4. The zero-order valence-corrected chi connectivity index (χ0v) is 11.2. The van der Waals surface area contributed by atoms with E-state index in [-0.39, 0.29) is 18.3 Å². The molecule has 0 aliphatic carbocycles. The molecular weight excluding hydrogens is 268 g/mol.